The number of benzene rings is 1. The van der Waals surface area contributed by atoms with E-state index in [-0.39, 0.29) is 5.82 Å². The van der Waals surface area contributed by atoms with Gasteiger partial charge in [-0.1, -0.05) is 12.1 Å². The van der Waals surface area contributed by atoms with Gasteiger partial charge in [0.1, 0.15) is 11.5 Å². The molecule has 2 rings (SSSR count). The van der Waals surface area contributed by atoms with Crippen molar-refractivity contribution in [2.24, 2.45) is 7.05 Å². The van der Waals surface area contributed by atoms with Crippen LogP contribution in [0.2, 0.25) is 0 Å². The van der Waals surface area contributed by atoms with Gasteiger partial charge in [0.25, 0.3) is 0 Å². The maximum atomic E-state index is 13.0. The molecule has 0 aliphatic heterocycles. The fourth-order valence-electron chi connectivity index (χ4n) is 1.83. The van der Waals surface area contributed by atoms with Gasteiger partial charge in [-0.25, -0.2) is 9.37 Å². The minimum absolute atomic E-state index is 0.233. The molecule has 4 heteroatoms. The lowest BCUT2D eigenvalue weighted by molar-refractivity contribution is 0.111. The van der Waals surface area contributed by atoms with E-state index >= 15 is 0 Å². The number of aryl methyl sites for hydroxylation is 2. The summed E-state index contributed by atoms with van der Waals surface area (Å²) in [7, 11) is 1.85. The number of nitrogens with zero attached hydrogens (tertiary/aromatic N) is 2. The Hall–Kier alpha value is -1.97. The summed E-state index contributed by atoms with van der Waals surface area (Å²) in [5.74, 6) is -0.233. The second-order valence-corrected chi connectivity index (χ2v) is 3.94. The van der Waals surface area contributed by atoms with Crippen LogP contribution in [0.5, 0.6) is 0 Å². The molecule has 1 aromatic carbocycles. The van der Waals surface area contributed by atoms with Crippen molar-refractivity contribution in [1.82, 2.24) is 9.55 Å². The molecule has 0 saturated carbocycles. The molecule has 0 aliphatic rings. The largest absolute Gasteiger partial charge is 0.337 e. The molecule has 2 aromatic rings. The normalized spacial score (nSPS) is 10.5. The SMILES string of the molecule is Cn1cnc(C=O)c1CCc1cccc(F)c1. The average molecular weight is 232 g/mol. The predicted molar refractivity (Wildman–Crippen MR) is 62.4 cm³/mol. The Bertz CT molecular complexity index is 534. The zero-order valence-corrected chi connectivity index (χ0v) is 9.56. The van der Waals surface area contributed by atoms with Crippen molar-refractivity contribution in [3.05, 3.63) is 53.4 Å². The van der Waals surface area contributed by atoms with Gasteiger partial charge >= 0.3 is 0 Å². The van der Waals surface area contributed by atoms with Crippen LogP contribution < -0.4 is 0 Å². The van der Waals surface area contributed by atoms with Crippen LogP contribution in [0, 0.1) is 5.82 Å². The molecule has 0 unspecified atom stereocenters. The lowest BCUT2D eigenvalue weighted by Crippen LogP contribution is -2.01. The molecule has 0 amide bonds. The number of aldehydes is 1. The molecule has 3 nitrogen and oxygen atoms in total. The summed E-state index contributed by atoms with van der Waals surface area (Å²) < 4.78 is 14.8. The summed E-state index contributed by atoms with van der Waals surface area (Å²) in [6.45, 7) is 0. The number of carbonyl (C=O) groups excluding carboxylic acids is 1. The highest BCUT2D eigenvalue weighted by molar-refractivity contribution is 5.73. The molecule has 0 saturated heterocycles. The van der Waals surface area contributed by atoms with Crippen LogP contribution in [0.25, 0.3) is 0 Å². The van der Waals surface area contributed by atoms with Crippen LogP contribution in [-0.2, 0) is 19.9 Å². The number of hydrogen-bond acceptors (Lipinski definition) is 2. The number of hydrogen-bond donors (Lipinski definition) is 0. The number of rotatable bonds is 4. The van der Waals surface area contributed by atoms with E-state index in [1.165, 1.54) is 12.1 Å². The second-order valence-electron chi connectivity index (χ2n) is 3.94. The predicted octanol–water partition coefficient (Wildman–Crippen LogP) is 2.16. The van der Waals surface area contributed by atoms with Crippen LogP contribution in [0.4, 0.5) is 4.39 Å². The molecular weight excluding hydrogens is 219 g/mol. The molecule has 1 aromatic heterocycles. The summed E-state index contributed by atoms with van der Waals surface area (Å²) in [5.41, 5.74) is 2.26. The highest BCUT2D eigenvalue weighted by atomic mass is 19.1. The molecule has 0 N–H and O–H groups in total. The molecule has 1 heterocycles. The van der Waals surface area contributed by atoms with Gasteiger partial charge in [-0.2, -0.15) is 0 Å². The van der Waals surface area contributed by atoms with Gasteiger partial charge in [0.2, 0.25) is 0 Å². The third kappa shape index (κ3) is 2.58. The van der Waals surface area contributed by atoms with Crippen molar-refractivity contribution in [2.75, 3.05) is 0 Å². The quantitative estimate of drug-likeness (QED) is 0.757. The lowest BCUT2D eigenvalue weighted by atomic mass is 10.1. The fourth-order valence-corrected chi connectivity index (χ4v) is 1.83. The molecule has 0 fully saturated rings. The van der Waals surface area contributed by atoms with Gasteiger partial charge < -0.3 is 4.57 Å². The number of carbonyl (C=O) groups is 1. The summed E-state index contributed by atoms with van der Waals surface area (Å²) in [6, 6.07) is 6.50. The van der Waals surface area contributed by atoms with Crippen molar-refractivity contribution >= 4 is 6.29 Å². The van der Waals surface area contributed by atoms with E-state index < -0.39 is 0 Å². The maximum absolute atomic E-state index is 13.0. The molecule has 17 heavy (non-hydrogen) atoms. The van der Waals surface area contributed by atoms with E-state index in [1.54, 1.807) is 12.4 Å². The van der Waals surface area contributed by atoms with E-state index in [1.807, 2.05) is 17.7 Å². The minimum Gasteiger partial charge on any atom is -0.337 e. The Morgan fingerprint density at radius 1 is 1.41 bits per heavy atom. The summed E-state index contributed by atoms with van der Waals surface area (Å²) in [4.78, 5) is 14.8. The Morgan fingerprint density at radius 3 is 2.94 bits per heavy atom. The molecule has 0 radical (unpaired) electrons. The zero-order chi connectivity index (χ0) is 12.3. The van der Waals surface area contributed by atoms with Crippen molar-refractivity contribution < 1.29 is 9.18 Å². The summed E-state index contributed by atoms with van der Waals surface area (Å²) in [5, 5.41) is 0. The molecule has 0 aliphatic carbocycles. The topological polar surface area (TPSA) is 34.9 Å². The van der Waals surface area contributed by atoms with Gasteiger partial charge in [0.15, 0.2) is 6.29 Å². The smallest absolute Gasteiger partial charge is 0.170 e. The highest BCUT2D eigenvalue weighted by Crippen LogP contribution is 2.10. The highest BCUT2D eigenvalue weighted by Gasteiger charge is 2.07. The van der Waals surface area contributed by atoms with Crippen molar-refractivity contribution in [2.45, 2.75) is 12.8 Å². The summed E-state index contributed by atoms with van der Waals surface area (Å²) >= 11 is 0. The number of halogens is 1. The monoisotopic (exact) mass is 232 g/mol. The van der Waals surface area contributed by atoms with Crippen molar-refractivity contribution in [1.29, 1.82) is 0 Å². The number of aromatic nitrogens is 2. The first-order valence-electron chi connectivity index (χ1n) is 5.40. The Kier molecular flexibility index (Phi) is 3.32. The van der Waals surface area contributed by atoms with Crippen LogP contribution in [0.3, 0.4) is 0 Å². The maximum Gasteiger partial charge on any atom is 0.170 e. The molecule has 0 atom stereocenters. The summed E-state index contributed by atoms with van der Waals surface area (Å²) in [6.07, 6.45) is 3.73. The van der Waals surface area contributed by atoms with Gasteiger partial charge in [-0.15, -0.1) is 0 Å². The van der Waals surface area contributed by atoms with Crippen LogP contribution >= 0.6 is 0 Å². The third-order valence-corrected chi connectivity index (χ3v) is 2.74. The minimum atomic E-state index is -0.233. The van der Waals surface area contributed by atoms with E-state index in [0.717, 1.165) is 17.5 Å². The first-order valence-corrected chi connectivity index (χ1v) is 5.40. The molecule has 0 spiro atoms. The van der Waals surface area contributed by atoms with Crippen molar-refractivity contribution in [3.8, 4) is 0 Å². The first kappa shape index (κ1) is 11.5. The van der Waals surface area contributed by atoms with Crippen molar-refractivity contribution in [3.63, 3.8) is 0 Å². The molecule has 0 bridgehead atoms. The van der Waals surface area contributed by atoms with Crippen LogP contribution in [0.1, 0.15) is 21.7 Å². The van der Waals surface area contributed by atoms with Gasteiger partial charge in [-0.05, 0) is 30.5 Å². The average Bonchev–Trinajstić information content (AvgIpc) is 2.67. The van der Waals surface area contributed by atoms with E-state index in [4.69, 9.17) is 0 Å². The van der Waals surface area contributed by atoms with Gasteiger partial charge in [-0.3, -0.25) is 4.79 Å². The van der Waals surface area contributed by atoms with Crippen LogP contribution in [-0.4, -0.2) is 15.8 Å². The fraction of sp³-hybridized carbons (Fsp3) is 0.231. The Morgan fingerprint density at radius 2 is 2.24 bits per heavy atom. The second kappa shape index (κ2) is 4.91. The standard InChI is InChI=1S/C13H13FN2O/c1-16-9-15-12(8-17)13(16)6-5-10-3-2-4-11(14)7-10/h2-4,7-9H,5-6H2,1H3. The van der Waals surface area contributed by atoms with Gasteiger partial charge in [0, 0.05) is 12.7 Å². The Balaban J connectivity index is 2.12. The zero-order valence-electron chi connectivity index (χ0n) is 9.56. The van der Waals surface area contributed by atoms with E-state index in [2.05, 4.69) is 4.98 Å². The molecular formula is C13H13FN2O. The third-order valence-electron chi connectivity index (χ3n) is 2.74. The lowest BCUT2D eigenvalue weighted by Gasteiger charge is -2.04. The van der Waals surface area contributed by atoms with Gasteiger partial charge in [0.05, 0.1) is 6.33 Å². The van der Waals surface area contributed by atoms with E-state index in [0.29, 0.717) is 18.5 Å². The van der Waals surface area contributed by atoms with E-state index in [9.17, 15) is 9.18 Å². The molecule has 88 valence electrons. The number of imidazole rings is 1. The Labute approximate surface area is 98.9 Å². The first-order chi connectivity index (χ1) is 8.20. The van der Waals surface area contributed by atoms with Crippen LogP contribution in [0.15, 0.2) is 30.6 Å².